The summed E-state index contributed by atoms with van der Waals surface area (Å²) in [6, 6.07) is 13.8. The maximum atomic E-state index is 12.5. The summed E-state index contributed by atoms with van der Waals surface area (Å²) in [4.78, 5) is 32.8. The summed E-state index contributed by atoms with van der Waals surface area (Å²) in [6.45, 7) is 6.46. The van der Waals surface area contributed by atoms with E-state index in [4.69, 9.17) is 14.2 Å². The molecule has 0 saturated carbocycles. The second kappa shape index (κ2) is 10.9. The largest absolute Gasteiger partial charge is 0.494 e. The van der Waals surface area contributed by atoms with Crippen LogP contribution < -0.4 is 14.8 Å². The number of esters is 1. The minimum atomic E-state index is -0.457. The molecule has 1 N–H and O–H groups in total. The van der Waals surface area contributed by atoms with Crippen molar-refractivity contribution in [1.82, 2.24) is 15.3 Å². The molecule has 166 valence electrons. The first kappa shape index (κ1) is 22.7. The standard InChI is InChI=1S/C24H25N3O5/c1-4-30-18-6-8-19(9-7-18)32-22-14-17(12-13-25-22)15-26-23(28)21-11-10-20(16(3)27-21)24(29)31-5-2/h6-14H,4-5,15H2,1-3H3,(H,26,28). The predicted octanol–water partition coefficient (Wildman–Crippen LogP) is 4.08. The highest BCUT2D eigenvalue weighted by atomic mass is 16.5. The Balaban J connectivity index is 1.60. The van der Waals surface area contributed by atoms with Crippen LogP contribution in [0.4, 0.5) is 0 Å². The lowest BCUT2D eigenvalue weighted by Gasteiger charge is -2.10. The van der Waals surface area contributed by atoms with E-state index in [0.717, 1.165) is 11.3 Å². The lowest BCUT2D eigenvalue weighted by atomic mass is 10.2. The van der Waals surface area contributed by atoms with Gasteiger partial charge in [-0.15, -0.1) is 0 Å². The van der Waals surface area contributed by atoms with Gasteiger partial charge in [-0.1, -0.05) is 0 Å². The van der Waals surface area contributed by atoms with E-state index in [-0.39, 0.29) is 24.8 Å². The van der Waals surface area contributed by atoms with Crippen LogP contribution in [0.5, 0.6) is 17.4 Å². The van der Waals surface area contributed by atoms with Crippen molar-refractivity contribution in [1.29, 1.82) is 0 Å². The fourth-order valence-electron chi connectivity index (χ4n) is 2.89. The number of carbonyl (C=O) groups excluding carboxylic acids is 2. The summed E-state index contributed by atoms with van der Waals surface area (Å²) < 4.78 is 16.2. The minimum absolute atomic E-state index is 0.218. The zero-order valence-corrected chi connectivity index (χ0v) is 18.3. The van der Waals surface area contributed by atoms with Crippen molar-refractivity contribution in [3.63, 3.8) is 0 Å². The van der Waals surface area contributed by atoms with Crippen molar-refractivity contribution < 1.29 is 23.8 Å². The third-order valence-corrected chi connectivity index (χ3v) is 4.42. The van der Waals surface area contributed by atoms with Gasteiger partial charge in [0.25, 0.3) is 5.91 Å². The molecule has 2 heterocycles. The average molecular weight is 435 g/mol. The molecule has 3 aromatic rings. The molecule has 0 aliphatic heterocycles. The van der Waals surface area contributed by atoms with Gasteiger partial charge in [0.05, 0.1) is 24.5 Å². The highest BCUT2D eigenvalue weighted by Gasteiger charge is 2.15. The number of nitrogens with zero attached hydrogens (tertiary/aromatic N) is 2. The highest BCUT2D eigenvalue weighted by molar-refractivity contribution is 5.95. The van der Waals surface area contributed by atoms with Gasteiger partial charge >= 0.3 is 5.97 Å². The number of nitrogens with one attached hydrogen (secondary N) is 1. The van der Waals surface area contributed by atoms with E-state index < -0.39 is 5.97 Å². The topological polar surface area (TPSA) is 99.6 Å². The Morgan fingerprint density at radius 1 is 0.969 bits per heavy atom. The molecule has 0 atom stereocenters. The first-order chi connectivity index (χ1) is 15.5. The highest BCUT2D eigenvalue weighted by Crippen LogP contribution is 2.23. The van der Waals surface area contributed by atoms with Crippen molar-refractivity contribution in [2.45, 2.75) is 27.3 Å². The lowest BCUT2D eigenvalue weighted by Crippen LogP contribution is -2.24. The predicted molar refractivity (Wildman–Crippen MR) is 118 cm³/mol. The fraction of sp³-hybridized carbons (Fsp3) is 0.250. The zero-order chi connectivity index (χ0) is 22.9. The minimum Gasteiger partial charge on any atom is -0.494 e. The Hall–Kier alpha value is -3.94. The number of ether oxygens (including phenoxy) is 3. The number of aromatic nitrogens is 2. The lowest BCUT2D eigenvalue weighted by molar-refractivity contribution is 0.0524. The van der Waals surface area contributed by atoms with Gasteiger partial charge in [-0.3, -0.25) is 4.79 Å². The van der Waals surface area contributed by atoms with Crippen LogP contribution in [0, 0.1) is 6.92 Å². The first-order valence-electron chi connectivity index (χ1n) is 10.3. The number of hydrogen-bond acceptors (Lipinski definition) is 7. The van der Waals surface area contributed by atoms with Crippen molar-refractivity contribution in [3.8, 4) is 17.4 Å². The van der Waals surface area contributed by atoms with Gasteiger partial charge in [-0.2, -0.15) is 0 Å². The number of amides is 1. The summed E-state index contributed by atoms with van der Waals surface area (Å²) >= 11 is 0. The van der Waals surface area contributed by atoms with Crippen LogP contribution in [-0.2, 0) is 11.3 Å². The van der Waals surface area contributed by atoms with E-state index >= 15 is 0 Å². The number of pyridine rings is 2. The normalized spacial score (nSPS) is 10.3. The van der Waals surface area contributed by atoms with Gasteiger partial charge in [-0.05, 0) is 68.8 Å². The molecule has 2 aromatic heterocycles. The van der Waals surface area contributed by atoms with Crippen LogP contribution in [0.2, 0.25) is 0 Å². The summed E-state index contributed by atoms with van der Waals surface area (Å²) in [5.74, 6) is 0.996. The van der Waals surface area contributed by atoms with Gasteiger partial charge < -0.3 is 19.5 Å². The molecule has 1 amide bonds. The molecule has 0 bridgehead atoms. The van der Waals surface area contributed by atoms with Crippen LogP contribution in [0.25, 0.3) is 0 Å². The Kier molecular flexibility index (Phi) is 7.75. The maximum Gasteiger partial charge on any atom is 0.339 e. The Bertz CT molecular complexity index is 1080. The van der Waals surface area contributed by atoms with Crippen molar-refractivity contribution in [3.05, 3.63) is 77.2 Å². The molecule has 3 rings (SSSR count). The van der Waals surface area contributed by atoms with Gasteiger partial charge in [0.1, 0.15) is 17.2 Å². The summed E-state index contributed by atoms with van der Waals surface area (Å²) in [5, 5.41) is 2.81. The Labute approximate surface area is 186 Å². The van der Waals surface area contributed by atoms with E-state index in [1.165, 1.54) is 6.07 Å². The zero-order valence-electron chi connectivity index (χ0n) is 18.3. The molecular formula is C24H25N3O5. The maximum absolute atomic E-state index is 12.5. The van der Waals surface area contributed by atoms with Crippen LogP contribution in [0.1, 0.15) is 46.0 Å². The van der Waals surface area contributed by atoms with Crippen LogP contribution >= 0.6 is 0 Å². The van der Waals surface area contributed by atoms with Crippen LogP contribution in [-0.4, -0.2) is 35.1 Å². The molecule has 8 nitrogen and oxygen atoms in total. The van der Waals surface area contributed by atoms with Crippen molar-refractivity contribution >= 4 is 11.9 Å². The SMILES string of the molecule is CCOC(=O)c1ccc(C(=O)NCc2ccnc(Oc3ccc(OCC)cc3)c2)nc1C. The van der Waals surface area contributed by atoms with Gasteiger partial charge in [-0.25, -0.2) is 14.8 Å². The summed E-state index contributed by atoms with van der Waals surface area (Å²) in [7, 11) is 0. The number of rotatable bonds is 9. The molecule has 1 aromatic carbocycles. The van der Waals surface area contributed by atoms with Gasteiger partial charge in [0.15, 0.2) is 0 Å². The van der Waals surface area contributed by atoms with Gasteiger partial charge in [0, 0.05) is 18.8 Å². The molecule has 0 unspecified atom stereocenters. The third-order valence-electron chi connectivity index (χ3n) is 4.42. The fourth-order valence-corrected chi connectivity index (χ4v) is 2.89. The smallest absolute Gasteiger partial charge is 0.339 e. The van der Waals surface area contributed by atoms with E-state index in [1.54, 1.807) is 50.4 Å². The number of carbonyl (C=O) groups is 2. The molecule has 8 heteroatoms. The van der Waals surface area contributed by atoms with Gasteiger partial charge in [0.2, 0.25) is 5.88 Å². The summed E-state index contributed by atoms with van der Waals surface area (Å²) in [5.41, 5.74) is 1.81. The summed E-state index contributed by atoms with van der Waals surface area (Å²) in [6.07, 6.45) is 1.61. The van der Waals surface area contributed by atoms with E-state index in [9.17, 15) is 9.59 Å². The van der Waals surface area contributed by atoms with Crippen molar-refractivity contribution in [2.24, 2.45) is 0 Å². The third kappa shape index (κ3) is 6.04. The van der Waals surface area contributed by atoms with Crippen LogP contribution in [0.15, 0.2) is 54.7 Å². The van der Waals surface area contributed by atoms with E-state index in [1.807, 2.05) is 19.1 Å². The first-order valence-corrected chi connectivity index (χ1v) is 10.3. The monoisotopic (exact) mass is 435 g/mol. The molecule has 0 aliphatic carbocycles. The van der Waals surface area contributed by atoms with E-state index in [2.05, 4.69) is 15.3 Å². The molecule has 0 fully saturated rings. The second-order valence-corrected chi connectivity index (χ2v) is 6.74. The van der Waals surface area contributed by atoms with Crippen molar-refractivity contribution in [2.75, 3.05) is 13.2 Å². The second-order valence-electron chi connectivity index (χ2n) is 6.74. The number of hydrogen-bond donors (Lipinski definition) is 1. The molecule has 0 aliphatic rings. The molecule has 0 saturated heterocycles. The number of benzene rings is 1. The average Bonchev–Trinajstić information content (AvgIpc) is 2.79. The molecule has 0 radical (unpaired) electrons. The Morgan fingerprint density at radius 3 is 2.41 bits per heavy atom. The molecule has 32 heavy (non-hydrogen) atoms. The quantitative estimate of drug-likeness (QED) is 0.506. The Morgan fingerprint density at radius 2 is 1.72 bits per heavy atom. The molecule has 0 spiro atoms. The van der Waals surface area contributed by atoms with Crippen LogP contribution in [0.3, 0.4) is 0 Å². The van der Waals surface area contributed by atoms with E-state index in [0.29, 0.717) is 29.5 Å². The molecular weight excluding hydrogens is 410 g/mol. The number of aryl methyl sites for hydroxylation is 1.